The lowest BCUT2D eigenvalue weighted by Crippen LogP contribution is -1.79. The molecule has 0 heteroatoms. The maximum absolute atomic E-state index is 3.82. The predicted molar refractivity (Wildman–Crippen MR) is 82.3 cm³/mol. The highest BCUT2D eigenvalue weighted by Gasteiger charge is 1.90. The molecule has 0 rings (SSSR count). The summed E-state index contributed by atoms with van der Waals surface area (Å²) in [6.45, 7) is 17.2. The van der Waals surface area contributed by atoms with E-state index in [9.17, 15) is 0 Å². The number of hydrogen-bond acceptors (Lipinski definition) is 0. The van der Waals surface area contributed by atoms with Crippen LogP contribution in [0.3, 0.4) is 0 Å². The molecule has 98 valence electrons. The van der Waals surface area contributed by atoms with E-state index in [1.807, 2.05) is 13.0 Å². The Morgan fingerprint density at radius 2 is 1.53 bits per heavy atom. The van der Waals surface area contributed by atoms with Gasteiger partial charge in [0.2, 0.25) is 0 Å². The first-order valence-electron chi connectivity index (χ1n) is 6.71. The van der Waals surface area contributed by atoms with Crippen LogP contribution in [0, 0.1) is 0 Å². The van der Waals surface area contributed by atoms with Crippen LogP contribution in [0.4, 0.5) is 0 Å². The minimum Gasteiger partial charge on any atom is -0.0988 e. The van der Waals surface area contributed by atoms with Gasteiger partial charge in [-0.2, -0.15) is 0 Å². The molecule has 0 atom stereocenters. The van der Waals surface area contributed by atoms with E-state index in [2.05, 4.69) is 39.7 Å². The highest BCUT2D eigenvalue weighted by Crippen LogP contribution is 2.10. The Hall–Kier alpha value is -1.04. The summed E-state index contributed by atoms with van der Waals surface area (Å²) in [6.07, 6.45) is 13.7. The zero-order chi connectivity index (χ0) is 13.5. The molecule has 0 unspecified atom stereocenters. The molecular weight excluding hydrogens is 204 g/mol. The van der Waals surface area contributed by atoms with Gasteiger partial charge < -0.3 is 0 Å². The number of unbranched alkanes of at least 4 members (excludes halogenated alkanes) is 3. The van der Waals surface area contributed by atoms with Crippen molar-refractivity contribution >= 4 is 0 Å². The van der Waals surface area contributed by atoms with Gasteiger partial charge in [-0.3, -0.25) is 0 Å². The molecule has 0 amide bonds. The van der Waals surface area contributed by atoms with Crippen LogP contribution in [0.25, 0.3) is 0 Å². The molecule has 0 aromatic heterocycles. The summed E-state index contributed by atoms with van der Waals surface area (Å²) in [7, 11) is 0. The first-order chi connectivity index (χ1) is 8.12. The SMILES string of the molecule is C=C/C(=C/CCCC)CCCC.C=CC(=C)C. The highest BCUT2D eigenvalue weighted by atomic mass is 14.0. The van der Waals surface area contributed by atoms with Gasteiger partial charge in [0.1, 0.15) is 0 Å². The van der Waals surface area contributed by atoms with Gasteiger partial charge in [-0.15, -0.1) is 0 Å². The number of hydrogen-bond donors (Lipinski definition) is 0. The third-order valence-corrected chi connectivity index (χ3v) is 2.39. The number of rotatable bonds is 8. The van der Waals surface area contributed by atoms with Gasteiger partial charge in [-0.1, -0.05) is 82.2 Å². The van der Waals surface area contributed by atoms with Crippen molar-refractivity contribution in [3.05, 3.63) is 49.1 Å². The van der Waals surface area contributed by atoms with Crippen LogP contribution in [0.1, 0.15) is 59.3 Å². The fourth-order valence-electron chi connectivity index (χ4n) is 1.16. The molecule has 0 heterocycles. The topological polar surface area (TPSA) is 0 Å². The van der Waals surface area contributed by atoms with Crippen LogP contribution in [0.5, 0.6) is 0 Å². The standard InChI is InChI=1S/C12H22.C5H8/c1-4-7-9-11-12(6-3)10-8-5-2;1-4-5(2)3/h6,11H,3-5,7-10H2,1-2H3;4H,1-2H2,3H3/b12-11-;. The summed E-state index contributed by atoms with van der Waals surface area (Å²) >= 11 is 0. The Morgan fingerprint density at radius 1 is 1.00 bits per heavy atom. The molecule has 0 spiro atoms. The maximum atomic E-state index is 3.82. The van der Waals surface area contributed by atoms with Crippen molar-refractivity contribution in [1.29, 1.82) is 0 Å². The Labute approximate surface area is 109 Å². The quantitative estimate of drug-likeness (QED) is 0.345. The fourth-order valence-corrected chi connectivity index (χ4v) is 1.16. The van der Waals surface area contributed by atoms with Crippen molar-refractivity contribution < 1.29 is 0 Å². The minimum absolute atomic E-state index is 1.02. The van der Waals surface area contributed by atoms with Crippen molar-refractivity contribution in [2.45, 2.75) is 59.3 Å². The second kappa shape index (κ2) is 15.0. The molecule has 0 nitrogen and oxygen atoms in total. The molecule has 0 saturated carbocycles. The van der Waals surface area contributed by atoms with Gasteiger partial charge in [0.15, 0.2) is 0 Å². The lowest BCUT2D eigenvalue weighted by Gasteiger charge is -1.99. The first kappa shape index (κ1) is 18.3. The van der Waals surface area contributed by atoms with Crippen LogP contribution in [0.2, 0.25) is 0 Å². The van der Waals surface area contributed by atoms with Gasteiger partial charge in [0, 0.05) is 0 Å². The van der Waals surface area contributed by atoms with E-state index in [-0.39, 0.29) is 0 Å². The molecule has 0 saturated heterocycles. The summed E-state index contributed by atoms with van der Waals surface area (Å²) < 4.78 is 0. The van der Waals surface area contributed by atoms with Crippen molar-refractivity contribution in [1.82, 2.24) is 0 Å². The molecule has 0 aliphatic rings. The van der Waals surface area contributed by atoms with E-state index in [1.54, 1.807) is 6.08 Å². The number of allylic oxidation sites excluding steroid dienone is 5. The fraction of sp³-hybridized carbons (Fsp3) is 0.529. The van der Waals surface area contributed by atoms with Gasteiger partial charge in [0.25, 0.3) is 0 Å². The lowest BCUT2D eigenvalue weighted by molar-refractivity contribution is 0.778. The molecule has 17 heavy (non-hydrogen) atoms. The molecule has 0 aliphatic heterocycles. The zero-order valence-electron chi connectivity index (χ0n) is 12.1. The van der Waals surface area contributed by atoms with Gasteiger partial charge in [0.05, 0.1) is 0 Å². The Morgan fingerprint density at radius 3 is 1.88 bits per heavy atom. The predicted octanol–water partition coefficient (Wildman–Crippen LogP) is 6.23. The molecule has 0 aromatic carbocycles. The smallest absolute Gasteiger partial charge is 0.0282 e. The van der Waals surface area contributed by atoms with Crippen molar-refractivity contribution in [3.63, 3.8) is 0 Å². The molecular formula is C17H30. The Bertz CT molecular complexity index is 230. The Kier molecular flexibility index (Phi) is 16.1. The van der Waals surface area contributed by atoms with E-state index < -0.39 is 0 Å². The third-order valence-electron chi connectivity index (χ3n) is 2.39. The summed E-state index contributed by atoms with van der Waals surface area (Å²) in [5.41, 5.74) is 2.45. The van der Waals surface area contributed by atoms with Gasteiger partial charge >= 0.3 is 0 Å². The van der Waals surface area contributed by atoms with E-state index >= 15 is 0 Å². The molecule has 0 fully saturated rings. The van der Waals surface area contributed by atoms with Crippen LogP contribution in [-0.2, 0) is 0 Å². The van der Waals surface area contributed by atoms with Crippen LogP contribution < -0.4 is 0 Å². The zero-order valence-corrected chi connectivity index (χ0v) is 12.1. The van der Waals surface area contributed by atoms with Crippen molar-refractivity contribution in [2.24, 2.45) is 0 Å². The second-order valence-corrected chi connectivity index (χ2v) is 4.28. The van der Waals surface area contributed by atoms with Crippen molar-refractivity contribution in [3.8, 4) is 0 Å². The maximum Gasteiger partial charge on any atom is -0.0282 e. The summed E-state index contributed by atoms with van der Waals surface area (Å²) in [6, 6.07) is 0. The van der Waals surface area contributed by atoms with Crippen LogP contribution in [-0.4, -0.2) is 0 Å². The highest BCUT2D eigenvalue weighted by molar-refractivity contribution is 5.15. The monoisotopic (exact) mass is 234 g/mol. The second-order valence-electron chi connectivity index (χ2n) is 4.28. The molecule has 0 aromatic rings. The minimum atomic E-state index is 1.02. The van der Waals surface area contributed by atoms with Crippen LogP contribution in [0.15, 0.2) is 49.1 Å². The van der Waals surface area contributed by atoms with Crippen LogP contribution >= 0.6 is 0 Å². The summed E-state index contributed by atoms with van der Waals surface area (Å²) in [5.74, 6) is 0. The van der Waals surface area contributed by atoms with Crippen molar-refractivity contribution in [2.75, 3.05) is 0 Å². The Balaban J connectivity index is 0. The van der Waals surface area contributed by atoms with E-state index in [4.69, 9.17) is 0 Å². The molecule has 0 aliphatic carbocycles. The van der Waals surface area contributed by atoms with E-state index in [0.29, 0.717) is 0 Å². The first-order valence-corrected chi connectivity index (χ1v) is 6.71. The largest absolute Gasteiger partial charge is 0.0988 e. The van der Waals surface area contributed by atoms with Gasteiger partial charge in [-0.25, -0.2) is 0 Å². The molecule has 0 radical (unpaired) electrons. The summed E-state index contributed by atoms with van der Waals surface area (Å²) in [5, 5.41) is 0. The molecule has 0 bridgehead atoms. The summed E-state index contributed by atoms with van der Waals surface area (Å²) in [4.78, 5) is 0. The van der Waals surface area contributed by atoms with Gasteiger partial charge in [-0.05, 0) is 26.2 Å². The third kappa shape index (κ3) is 17.6. The average molecular weight is 234 g/mol. The van der Waals surface area contributed by atoms with E-state index in [1.165, 1.54) is 44.1 Å². The lowest BCUT2D eigenvalue weighted by atomic mass is 10.1. The van der Waals surface area contributed by atoms with E-state index in [0.717, 1.165) is 5.57 Å². The molecule has 0 N–H and O–H groups in total. The normalized spacial score (nSPS) is 10.2. The average Bonchev–Trinajstić information content (AvgIpc) is 2.34.